The van der Waals surface area contributed by atoms with Gasteiger partial charge >= 0.3 is 6.18 Å². The van der Waals surface area contributed by atoms with Gasteiger partial charge in [0.25, 0.3) is 0 Å². The standard InChI is InChI=1S/C26H26F3N9/c1-25(2,3)34-18-10-16(8-9-17(18)24(30)31)38-21-7-5-6-20(22(21)23(35-38)26(27,28)29)37-13-19(32-14-37)15-11-33-36(4)12-15/h5-14,34H,1-4H3,(H3,30,31). The van der Waals surface area contributed by atoms with Gasteiger partial charge in [-0.15, -0.1) is 0 Å². The molecule has 4 N–H and O–H groups in total. The number of anilines is 1. The number of hydrogen-bond donors (Lipinski definition) is 3. The smallest absolute Gasteiger partial charge is 0.384 e. The van der Waals surface area contributed by atoms with Gasteiger partial charge in [-0.25, -0.2) is 9.67 Å². The highest BCUT2D eigenvalue weighted by atomic mass is 19.4. The second-order valence-corrected chi connectivity index (χ2v) is 10.0. The molecule has 5 aromatic rings. The van der Waals surface area contributed by atoms with E-state index in [2.05, 4.69) is 20.5 Å². The molecule has 5 rings (SSSR count). The fourth-order valence-electron chi connectivity index (χ4n) is 4.33. The summed E-state index contributed by atoms with van der Waals surface area (Å²) in [4.78, 5) is 4.37. The van der Waals surface area contributed by atoms with Crippen molar-refractivity contribution in [2.75, 3.05) is 5.32 Å². The van der Waals surface area contributed by atoms with E-state index in [1.807, 2.05) is 20.8 Å². The number of rotatable bonds is 5. The predicted octanol–water partition coefficient (Wildman–Crippen LogP) is 5.12. The number of nitrogens with two attached hydrogens (primary N) is 1. The van der Waals surface area contributed by atoms with E-state index in [9.17, 15) is 13.2 Å². The van der Waals surface area contributed by atoms with Crippen molar-refractivity contribution in [2.45, 2.75) is 32.5 Å². The van der Waals surface area contributed by atoms with Crippen LogP contribution in [0, 0.1) is 5.41 Å². The van der Waals surface area contributed by atoms with Gasteiger partial charge in [-0.1, -0.05) is 6.07 Å². The van der Waals surface area contributed by atoms with E-state index in [1.54, 1.807) is 71.3 Å². The Morgan fingerprint density at radius 3 is 2.47 bits per heavy atom. The second kappa shape index (κ2) is 8.75. The summed E-state index contributed by atoms with van der Waals surface area (Å²) in [5.41, 5.74) is 7.60. The van der Waals surface area contributed by atoms with Crippen molar-refractivity contribution in [2.24, 2.45) is 12.8 Å². The number of imidazole rings is 1. The number of halogens is 3. The maximum Gasteiger partial charge on any atom is 0.435 e. The van der Waals surface area contributed by atoms with Crippen molar-refractivity contribution < 1.29 is 13.2 Å². The fourth-order valence-corrected chi connectivity index (χ4v) is 4.33. The van der Waals surface area contributed by atoms with E-state index in [1.165, 1.54) is 11.0 Å². The number of fused-ring (bicyclic) bond motifs is 1. The lowest BCUT2D eigenvalue weighted by Crippen LogP contribution is -2.28. The maximum atomic E-state index is 14.3. The molecule has 3 heterocycles. The molecule has 0 atom stereocenters. The van der Waals surface area contributed by atoms with Gasteiger partial charge < -0.3 is 15.6 Å². The Bertz CT molecular complexity index is 1670. The van der Waals surface area contributed by atoms with Crippen LogP contribution in [0.25, 0.3) is 33.5 Å². The quantitative estimate of drug-likeness (QED) is 0.219. The van der Waals surface area contributed by atoms with Gasteiger partial charge in [-0.2, -0.15) is 23.4 Å². The van der Waals surface area contributed by atoms with Crippen LogP contribution >= 0.6 is 0 Å². The van der Waals surface area contributed by atoms with E-state index in [-0.39, 0.29) is 28.0 Å². The van der Waals surface area contributed by atoms with Crippen LogP contribution in [0.15, 0.2) is 61.3 Å². The molecule has 0 bridgehead atoms. The maximum absolute atomic E-state index is 14.3. The van der Waals surface area contributed by atoms with Gasteiger partial charge in [-0.3, -0.25) is 10.1 Å². The molecule has 9 nitrogen and oxygen atoms in total. The largest absolute Gasteiger partial charge is 0.435 e. The number of amidine groups is 1. The topological polar surface area (TPSA) is 115 Å². The molecule has 0 fully saturated rings. The Morgan fingerprint density at radius 1 is 1.08 bits per heavy atom. The first-order valence-corrected chi connectivity index (χ1v) is 11.7. The van der Waals surface area contributed by atoms with Gasteiger partial charge in [0, 0.05) is 41.8 Å². The summed E-state index contributed by atoms with van der Waals surface area (Å²) in [6.07, 6.45) is 1.84. The molecule has 0 aliphatic carbocycles. The van der Waals surface area contributed by atoms with Crippen LogP contribution in [0.5, 0.6) is 0 Å². The molecule has 0 aliphatic heterocycles. The third-order valence-corrected chi connectivity index (χ3v) is 5.86. The molecule has 196 valence electrons. The molecule has 0 radical (unpaired) electrons. The normalized spacial score (nSPS) is 12.3. The van der Waals surface area contributed by atoms with Crippen LogP contribution in [-0.2, 0) is 13.2 Å². The van der Waals surface area contributed by atoms with Crippen LogP contribution < -0.4 is 11.1 Å². The van der Waals surface area contributed by atoms with E-state index < -0.39 is 11.9 Å². The summed E-state index contributed by atoms with van der Waals surface area (Å²) >= 11 is 0. The molecular formula is C26H26F3N9. The van der Waals surface area contributed by atoms with Crippen LogP contribution in [0.4, 0.5) is 18.9 Å². The predicted molar refractivity (Wildman–Crippen MR) is 140 cm³/mol. The van der Waals surface area contributed by atoms with Gasteiger partial charge in [0.2, 0.25) is 0 Å². The number of aromatic nitrogens is 6. The van der Waals surface area contributed by atoms with Gasteiger partial charge in [0.15, 0.2) is 5.69 Å². The highest BCUT2D eigenvalue weighted by Crippen LogP contribution is 2.38. The summed E-state index contributed by atoms with van der Waals surface area (Å²) in [6.45, 7) is 5.81. The van der Waals surface area contributed by atoms with E-state index >= 15 is 0 Å². The van der Waals surface area contributed by atoms with Gasteiger partial charge in [0.05, 0.1) is 40.5 Å². The van der Waals surface area contributed by atoms with Crippen molar-refractivity contribution in [1.82, 2.24) is 29.1 Å². The lowest BCUT2D eigenvalue weighted by atomic mass is 10.1. The van der Waals surface area contributed by atoms with Gasteiger partial charge in [0.1, 0.15) is 5.84 Å². The van der Waals surface area contributed by atoms with Crippen LogP contribution in [0.3, 0.4) is 0 Å². The second-order valence-electron chi connectivity index (χ2n) is 10.0. The Labute approximate surface area is 216 Å². The lowest BCUT2D eigenvalue weighted by Gasteiger charge is -2.24. The van der Waals surface area contributed by atoms with Crippen molar-refractivity contribution in [3.8, 4) is 22.6 Å². The third kappa shape index (κ3) is 4.60. The summed E-state index contributed by atoms with van der Waals surface area (Å²) in [5, 5.41) is 19.3. The number of alkyl halides is 3. The number of aryl methyl sites for hydroxylation is 1. The summed E-state index contributed by atoms with van der Waals surface area (Å²) in [5.74, 6) is -0.156. The molecular weight excluding hydrogens is 495 g/mol. The molecule has 3 aromatic heterocycles. The minimum Gasteiger partial charge on any atom is -0.384 e. The number of nitrogen functional groups attached to an aromatic ring is 1. The van der Waals surface area contributed by atoms with E-state index in [0.717, 1.165) is 5.56 Å². The molecule has 0 saturated heterocycles. The zero-order valence-corrected chi connectivity index (χ0v) is 21.2. The van der Waals surface area contributed by atoms with Crippen molar-refractivity contribution in [3.63, 3.8) is 0 Å². The molecule has 0 amide bonds. The average molecular weight is 522 g/mol. The number of nitrogens with zero attached hydrogens (tertiary/aromatic N) is 6. The highest BCUT2D eigenvalue weighted by Gasteiger charge is 2.38. The molecule has 0 aliphatic rings. The highest BCUT2D eigenvalue weighted by molar-refractivity contribution is 6.01. The number of hydrogen-bond acceptors (Lipinski definition) is 5. The Hall–Kier alpha value is -4.61. The summed E-state index contributed by atoms with van der Waals surface area (Å²) < 4.78 is 47.4. The molecule has 12 heteroatoms. The molecule has 0 unspecified atom stereocenters. The SMILES string of the molecule is Cn1cc(-c2cn(-c3cccc4c3c(C(F)(F)F)nn4-c3ccc(C(=N)N)c(NC(C)(C)C)c3)cn2)cn1. The van der Waals surface area contributed by atoms with E-state index in [4.69, 9.17) is 11.1 Å². The monoisotopic (exact) mass is 521 g/mol. The zero-order chi connectivity index (χ0) is 27.4. The minimum atomic E-state index is -4.71. The first-order chi connectivity index (χ1) is 17.8. The molecule has 2 aromatic carbocycles. The van der Waals surface area contributed by atoms with E-state index in [0.29, 0.717) is 22.6 Å². The number of nitrogens with one attached hydrogen (secondary N) is 2. The first kappa shape index (κ1) is 25.1. The number of benzene rings is 2. The molecule has 0 spiro atoms. The van der Waals surface area contributed by atoms with Crippen LogP contribution in [0.1, 0.15) is 32.0 Å². The molecule has 0 saturated carbocycles. The molecule has 38 heavy (non-hydrogen) atoms. The average Bonchev–Trinajstić information content (AvgIpc) is 3.55. The van der Waals surface area contributed by atoms with Crippen molar-refractivity contribution in [3.05, 3.63) is 72.6 Å². The Balaban J connectivity index is 1.71. The van der Waals surface area contributed by atoms with Gasteiger partial charge in [-0.05, 0) is 51.1 Å². The fraction of sp³-hybridized carbons (Fsp3) is 0.231. The van der Waals surface area contributed by atoms with Crippen LogP contribution in [-0.4, -0.2) is 40.5 Å². The third-order valence-electron chi connectivity index (χ3n) is 5.86. The van der Waals surface area contributed by atoms with Crippen molar-refractivity contribution >= 4 is 22.4 Å². The summed E-state index contributed by atoms with van der Waals surface area (Å²) in [6, 6.07) is 9.73. The minimum absolute atomic E-state index is 0.0592. The zero-order valence-electron chi connectivity index (χ0n) is 21.2. The van der Waals surface area contributed by atoms with Crippen molar-refractivity contribution in [1.29, 1.82) is 5.41 Å². The summed E-state index contributed by atoms with van der Waals surface area (Å²) in [7, 11) is 1.77. The lowest BCUT2D eigenvalue weighted by molar-refractivity contribution is -0.140. The Morgan fingerprint density at radius 2 is 1.84 bits per heavy atom. The first-order valence-electron chi connectivity index (χ1n) is 11.7. The van der Waals surface area contributed by atoms with Crippen LogP contribution in [0.2, 0.25) is 0 Å². The Kier molecular flexibility index (Phi) is 5.77.